The van der Waals surface area contributed by atoms with Gasteiger partial charge in [-0.15, -0.1) is 5.10 Å². The Morgan fingerprint density at radius 3 is 2.81 bits per heavy atom. The van der Waals surface area contributed by atoms with E-state index >= 15 is 0 Å². The molecule has 1 amide bonds. The quantitative estimate of drug-likeness (QED) is 0.504. The fourth-order valence-electron chi connectivity index (χ4n) is 2.28. The van der Waals surface area contributed by atoms with E-state index in [0.717, 1.165) is 6.20 Å². The van der Waals surface area contributed by atoms with Crippen LogP contribution in [0.2, 0.25) is 5.02 Å². The van der Waals surface area contributed by atoms with E-state index in [2.05, 4.69) is 10.1 Å². The molecular formula is C16H14ClN5O4. The maximum absolute atomic E-state index is 12.1. The van der Waals surface area contributed by atoms with Gasteiger partial charge in [-0.25, -0.2) is 19.3 Å². The van der Waals surface area contributed by atoms with Crippen molar-refractivity contribution in [3.8, 4) is 0 Å². The van der Waals surface area contributed by atoms with Crippen molar-refractivity contribution in [2.45, 2.75) is 13.0 Å². The predicted octanol–water partition coefficient (Wildman–Crippen LogP) is 0.890. The van der Waals surface area contributed by atoms with E-state index < -0.39 is 11.9 Å². The zero-order valence-corrected chi connectivity index (χ0v) is 14.2. The van der Waals surface area contributed by atoms with Gasteiger partial charge in [0.1, 0.15) is 0 Å². The van der Waals surface area contributed by atoms with Gasteiger partial charge in [-0.1, -0.05) is 17.7 Å². The molecule has 0 aliphatic heterocycles. The fourth-order valence-corrected chi connectivity index (χ4v) is 2.53. The summed E-state index contributed by atoms with van der Waals surface area (Å²) in [5.41, 5.74) is 5.38. The number of aryl methyl sites for hydroxylation is 1. The average Bonchev–Trinajstić information content (AvgIpc) is 2.94. The standard InChI is InChI=1S/C16H14ClN5O4/c17-11-8-10(14(18)23)9-19-13(11)15(24)26-7-3-6-22-16(25)21-5-2-1-4-12(21)20-22/h1-2,4-5,8-9H,3,6-7H2,(H2,18,23). The topological polar surface area (TPSA) is 122 Å². The molecule has 0 fully saturated rings. The van der Waals surface area contributed by atoms with Crippen molar-refractivity contribution in [3.05, 3.63) is 63.4 Å². The Kier molecular flexibility index (Phi) is 4.99. The van der Waals surface area contributed by atoms with Crippen molar-refractivity contribution in [1.82, 2.24) is 19.2 Å². The summed E-state index contributed by atoms with van der Waals surface area (Å²) in [5, 5.41) is 4.15. The number of primary amides is 1. The molecule has 134 valence electrons. The Balaban J connectivity index is 1.58. The number of esters is 1. The number of halogens is 1. The lowest BCUT2D eigenvalue weighted by Crippen LogP contribution is -2.22. The molecule has 3 rings (SSSR count). The second kappa shape index (κ2) is 7.36. The molecule has 2 N–H and O–H groups in total. The Labute approximate surface area is 152 Å². The number of pyridine rings is 2. The van der Waals surface area contributed by atoms with E-state index in [1.807, 2.05) is 0 Å². The summed E-state index contributed by atoms with van der Waals surface area (Å²) >= 11 is 5.91. The molecule has 0 aliphatic rings. The number of carbonyl (C=O) groups excluding carboxylic acids is 2. The lowest BCUT2D eigenvalue weighted by atomic mass is 10.2. The number of fused-ring (bicyclic) bond motifs is 1. The first-order valence-corrected chi connectivity index (χ1v) is 8.02. The molecule has 0 spiro atoms. The number of rotatable bonds is 6. The molecule has 3 aromatic heterocycles. The van der Waals surface area contributed by atoms with Crippen LogP contribution in [0.15, 0.2) is 41.5 Å². The Hall–Kier alpha value is -3.20. The van der Waals surface area contributed by atoms with E-state index in [4.69, 9.17) is 22.1 Å². The maximum atomic E-state index is 12.1. The van der Waals surface area contributed by atoms with Gasteiger partial charge in [0.25, 0.3) is 0 Å². The highest BCUT2D eigenvalue weighted by Gasteiger charge is 2.16. The van der Waals surface area contributed by atoms with E-state index in [0.29, 0.717) is 12.1 Å². The van der Waals surface area contributed by atoms with Gasteiger partial charge in [-0.05, 0) is 18.2 Å². The highest BCUT2D eigenvalue weighted by Crippen LogP contribution is 2.16. The van der Waals surface area contributed by atoms with E-state index in [1.165, 1.54) is 15.1 Å². The molecule has 10 heteroatoms. The highest BCUT2D eigenvalue weighted by atomic mass is 35.5. The lowest BCUT2D eigenvalue weighted by molar-refractivity contribution is 0.0487. The largest absolute Gasteiger partial charge is 0.461 e. The van der Waals surface area contributed by atoms with Crippen molar-refractivity contribution in [2.24, 2.45) is 5.73 Å². The Bertz CT molecular complexity index is 1040. The molecule has 3 aromatic rings. The van der Waals surface area contributed by atoms with Crippen molar-refractivity contribution in [1.29, 1.82) is 0 Å². The first-order valence-electron chi connectivity index (χ1n) is 7.64. The summed E-state index contributed by atoms with van der Waals surface area (Å²) < 4.78 is 7.82. The summed E-state index contributed by atoms with van der Waals surface area (Å²) in [7, 11) is 0. The lowest BCUT2D eigenvalue weighted by Gasteiger charge is -2.06. The van der Waals surface area contributed by atoms with Crippen LogP contribution in [0.1, 0.15) is 27.3 Å². The number of hydrogen-bond acceptors (Lipinski definition) is 6. The van der Waals surface area contributed by atoms with Crippen LogP contribution < -0.4 is 11.4 Å². The van der Waals surface area contributed by atoms with E-state index in [1.54, 1.807) is 24.4 Å². The van der Waals surface area contributed by atoms with Gasteiger partial charge >= 0.3 is 11.7 Å². The van der Waals surface area contributed by atoms with Crippen LogP contribution >= 0.6 is 11.6 Å². The van der Waals surface area contributed by atoms with Gasteiger partial charge in [-0.3, -0.25) is 9.20 Å². The molecule has 0 radical (unpaired) electrons. The summed E-state index contributed by atoms with van der Waals surface area (Å²) in [6.45, 7) is 0.338. The van der Waals surface area contributed by atoms with E-state index in [-0.39, 0.29) is 35.1 Å². The zero-order chi connectivity index (χ0) is 18.7. The molecule has 0 bridgehead atoms. The third kappa shape index (κ3) is 3.57. The molecule has 0 atom stereocenters. The van der Waals surface area contributed by atoms with Crippen molar-refractivity contribution >= 4 is 29.1 Å². The number of amides is 1. The van der Waals surface area contributed by atoms with Crippen LogP contribution in [0.5, 0.6) is 0 Å². The van der Waals surface area contributed by atoms with E-state index in [9.17, 15) is 14.4 Å². The minimum Gasteiger partial charge on any atom is -0.461 e. The third-order valence-electron chi connectivity index (χ3n) is 3.55. The van der Waals surface area contributed by atoms with Gasteiger partial charge in [0.2, 0.25) is 5.91 Å². The van der Waals surface area contributed by atoms with Gasteiger partial charge in [-0.2, -0.15) is 0 Å². The van der Waals surface area contributed by atoms with Crippen molar-refractivity contribution in [3.63, 3.8) is 0 Å². The van der Waals surface area contributed by atoms with Crippen molar-refractivity contribution in [2.75, 3.05) is 6.61 Å². The fraction of sp³-hybridized carbons (Fsp3) is 0.188. The molecule has 0 aliphatic carbocycles. The first-order chi connectivity index (χ1) is 12.5. The number of carbonyl (C=O) groups is 2. The van der Waals surface area contributed by atoms with Crippen LogP contribution in [0.4, 0.5) is 0 Å². The van der Waals surface area contributed by atoms with Crippen LogP contribution in [-0.4, -0.2) is 37.6 Å². The minimum atomic E-state index is -0.728. The van der Waals surface area contributed by atoms with Gasteiger partial charge in [0, 0.05) is 25.4 Å². The Morgan fingerprint density at radius 1 is 1.31 bits per heavy atom. The number of nitrogens with two attached hydrogens (primary N) is 1. The maximum Gasteiger partial charge on any atom is 0.358 e. The smallest absolute Gasteiger partial charge is 0.358 e. The molecule has 0 saturated heterocycles. The molecule has 9 nitrogen and oxygen atoms in total. The molecule has 0 aromatic carbocycles. The number of hydrogen-bond donors (Lipinski definition) is 1. The third-order valence-corrected chi connectivity index (χ3v) is 3.84. The number of aromatic nitrogens is 4. The van der Waals surface area contributed by atoms with Crippen molar-refractivity contribution < 1.29 is 14.3 Å². The molecule has 3 heterocycles. The number of nitrogens with zero attached hydrogens (tertiary/aromatic N) is 4. The second-order valence-corrected chi connectivity index (χ2v) is 5.75. The zero-order valence-electron chi connectivity index (χ0n) is 13.5. The average molecular weight is 376 g/mol. The summed E-state index contributed by atoms with van der Waals surface area (Å²) in [5.74, 6) is -1.43. The summed E-state index contributed by atoms with van der Waals surface area (Å²) in [4.78, 5) is 38.9. The summed E-state index contributed by atoms with van der Waals surface area (Å²) in [6.07, 6.45) is 3.16. The Morgan fingerprint density at radius 2 is 2.12 bits per heavy atom. The second-order valence-electron chi connectivity index (χ2n) is 5.34. The number of ether oxygens (including phenoxy) is 1. The van der Waals surface area contributed by atoms with Crippen LogP contribution in [0, 0.1) is 0 Å². The van der Waals surface area contributed by atoms with Crippen LogP contribution in [0.25, 0.3) is 5.65 Å². The van der Waals surface area contributed by atoms with Gasteiger partial charge in [0.05, 0.1) is 17.2 Å². The minimum absolute atomic E-state index is 0.0251. The normalized spacial score (nSPS) is 10.8. The monoisotopic (exact) mass is 375 g/mol. The molecule has 0 unspecified atom stereocenters. The van der Waals surface area contributed by atoms with Crippen LogP contribution in [-0.2, 0) is 11.3 Å². The molecule has 0 saturated carbocycles. The van der Waals surface area contributed by atoms with Gasteiger partial charge in [0.15, 0.2) is 11.3 Å². The van der Waals surface area contributed by atoms with Gasteiger partial charge < -0.3 is 10.5 Å². The predicted molar refractivity (Wildman–Crippen MR) is 92.1 cm³/mol. The van der Waals surface area contributed by atoms with Crippen LogP contribution in [0.3, 0.4) is 0 Å². The summed E-state index contributed by atoms with van der Waals surface area (Å²) in [6, 6.07) is 6.50. The highest BCUT2D eigenvalue weighted by molar-refractivity contribution is 6.33. The molecule has 26 heavy (non-hydrogen) atoms. The molecular weight excluding hydrogens is 362 g/mol. The first kappa shape index (κ1) is 17.6. The SMILES string of the molecule is NC(=O)c1cnc(C(=O)OCCCn2nc3ccccn3c2=O)c(Cl)c1.